The van der Waals surface area contributed by atoms with E-state index < -0.39 is 0 Å². The van der Waals surface area contributed by atoms with E-state index >= 15 is 0 Å². The zero-order chi connectivity index (χ0) is 58.4. The van der Waals surface area contributed by atoms with Gasteiger partial charge in [-0.3, -0.25) is 0 Å². The van der Waals surface area contributed by atoms with E-state index in [0.717, 1.165) is 93.7 Å². The third-order valence-electron chi connectivity index (χ3n) is 15.6. The summed E-state index contributed by atoms with van der Waals surface area (Å²) in [5.74, 6) is 0.931. The number of hydrogen-bond acceptors (Lipinski definition) is 5. The van der Waals surface area contributed by atoms with Crippen molar-refractivity contribution >= 4 is 66.4 Å². The van der Waals surface area contributed by atoms with E-state index in [1.54, 1.807) is 36.4 Å². The molecule has 394 valence electrons. The molecule has 0 bridgehead atoms. The molecule has 0 unspecified atom stereocenters. The van der Waals surface area contributed by atoms with Crippen molar-refractivity contribution in [3.8, 4) is 102 Å². The first-order chi connectivity index (χ1) is 42.3. The van der Waals surface area contributed by atoms with E-state index in [-0.39, 0.29) is 11.6 Å². The quantitative estimate of drug-likeness (QED) is 0.134. The second kappa shape index (κ2) is 21.1. The normalized spacial score (nSPS) is 11.0. The SMILES string of the molecule is [C-]#[N+]c1cccc(-c2ccc3c(c2)c2cc(-c4cccc([N+]#[C-])c4)ccc2n3-c2ccc(C#N)cc2-c2nc(-c3ccccc3)nc(-c3cc(C#N)ccc3-n3c4ccc(-c5cccc([N+]#[C-])c5)cc4c4cc(-c5cccc([N+]#[C-])c5)ccc43)n2)c1. The highest BCUT2D eigenvalue weighted by Gasteiger charge is 2.25. The van der Waals surface area contributed by atoms with Gasteiger partial charge in [0, 0.05) is 38.2 Å². The van der Waals surface area contributed by atoms with Gasteiger partial charge in [0.15, 0.2) is 40.2 Å². The lowest BCUT2D eigenvalue weighted by molar-refractivity contribution is 1.06. The molecule has 3 aromatic heterocycles. The lowest BCUT2D eigenvalue weighted by Crippen LogP contribution is -2.06. The highest BCUT2D eigenvalue weighted by Crippen LogP contribution is 2.44. The zero-order valence-corrected chi connectivity index (χ0v) is 45.4. The summed E-state index contributed by atoms with van der Waals surface area (Å²) in [4.78, 5) is 30.9. The van der Waals surface area contributed by atoms with Crippen LogP contribution in [-0.2, 0) is 0 Å². The van der Waals surface area contributed by atoms with Crippen molar-refractivity contribution in [2.75, 3.05) is 0 Å². The van der Waals surface area contributed by atoms with Crippen LogP contribution < -0.4 is 0 Å². The standard InChI is InChI=1S/C75H39N11/c1-78-57-18-8-14-49(36-57)53-24-30-67-61(40-53)62-41-54(50-15-9-19-58(37-50)79-2)25-31-68(62)85(67)71-28-22-46(44-76)34-65(71)74-82-73(48-12-6-5-7-13-48)83-75(84-74)66-35-47(45-77)23-29-72(66)86-69-32-26-55(51-16-10-20-59(38-51)80-3)42-63(69)64-43-56(27-33-70(64)86)52-17-11-21-60(39-52)81-4/h5-43H. The predicted octanol–water partition coefficient (Wildman–Crippen LogP) is 19.7. The number of fused-ring (bicyclic) bond motifs is 6. The Morgan fingerprint density at radius 1 is 0.291 bits per heavy atom. The average Bonchev–Trinajstić information content (AvgIpc) is 1.68. The third kappa shape index (κ3) is 8.96. The minimum atomic E-state index is 0.282. The van der Waals surface area contributed by atoms with E-state index in [0.29, 0.717) is 62.2 Å². The molecule has 0 saturated heterocycles. The van der Waals surface area contributed by atoms with Gasteiger partial charge < -0.3 is 9.13 Å². The van der Waals surface area contributed by atoms with Crippen molar-refractivity contribution < 1.29 is 0 Å². The summed E-state index contributed by atoms with van der Waals surface area (Å²) in [7, 11) is 0. The van der Waals surface area contributed by atoms with Gasteiger partial charge in [0.2, 0.25) is 0 Å². The Bertz CT molecular complexity index is 4910. The first-order valence-corrected chi connectivity index (χ1v) is 27.3. The first-order valence-electron chi connectivity index (χ1n) is 27.3. The molecule has 11 aromatic carbocycles. The van der Waals surface area contributed by atoms with E-state index in [1.807, 2.05) is 127 Å². The van der Waals surface area contributed by atoms with Crippen molar-refractivity contribution in [1.82, 2.24) is 24.1 Å². The van der Waals surface area contributed by atoms with Crippen LogP contribution >= 0.6 is 0 Å². The van der Waals surface area contributed by atoms with Gasteiger partial charge in [-0.15, -0.1) is 0 Å². The number of nitriles is 2. The van der Waals surface area contributed by atoms with Gasteiger partial charge in [0.1, 0.15) is 0 Å². The van der Waals surface area contributed by atoms with Crippen molar-refractivity contribution in [3.05, 3.63) is 293 Å². The highest BCUT2D eigenvalue weighted by atomic mass is 15.1. The molecule has 14 aromatic rings. The van der Waals surface area contributed by atoms with Crippen LogP contribution in [0, 0.1) is 49.0 Å². The smallest absolute Gasteiger partial charge is 0.187 e. The summed E-state index contributed by atoms with van der Waals surface area (Å²) < 4.78 is 4.34. The van der Waals surface area contributed by atoms with Crippen LogP contribution in [0.2, 0.25) is 0 Å². The van der Waals surface area contributed by atoms with Crippen molar-refractivity contribution in [3.63, 3.8) is 0 Å². The largest absolute Gasteiger partial charge is 0.308 e. The van der Waals surface area contributed by atoms with Crippen LogP contribution in [0.5, 0.6) is 0 Å². The minimum Gasteiger partial charge on any atom is -0.308 e. The molecule has 0 fully saturated rings. The monoisotopic (exact) mass is 1090 g/mol. The molecule has 0 saturated carbocycles. The highest BCUT2D eigenvalue weighted by molar-refractivity contribution is 6.14. The summed E-state index contributed by atoms with van der Waals surface area (Å²) in [5, 5.41) is 25.1. The Labute approximate surface area is 494 Å². The number of hydrogen-bond donors (Lipinski definition) is 0. The van der Waals surface area contributed by atoms with Crippen molar-refractivity contribution in [1.29, 1.82) is 10.5 Å². The molecule has 0 radical (unpaired) electrons. The summed E-state index contributed by atoms with van der Waals surface area (Å²) in [6.07, 6.45) is 0. The second-order valence-corrected chi connectivity index (χ2v) is 20.6. The van der Waals surface area contributed by atoms with Crippen LogP contribution in [-0.4, -0.2) is 24.1 Å². The van der Waals surface area contributed by atoms with E-state index in [9.17, 15) is 10.5 Å². The molecule has 86 heavy (non-hydrogen) atoms. The van der Waals surface area contributed by atoms with Crippen LogP contribution in [0.4, 0.5) is 22.7 Å². The van der Waals surface area contributed by atoms with Crippen LogP contribution in [0.1, 0.15) is 11.1 Å². The summed E-state index contributed by atoms with van der Waals surface area (Å²) >= 11 is 0. The third-order valence-corrected chi connectivity index (χ3v) is 15.6. The summed E-state index contributed by atoms with van der Waals surface area (Å²) in [6, 6.07) is 80.9. The zero-order valence-electron chi connectivity index (χ0n) is 45.4. The van der Waals surface area contributed by atoms with Gasteiger partial charge in [-0.1, -0.05) is 127 Å². The summed E-state index contributed by atoms with van der Waals surface area (Å²) in [6.45, 7) is 31.1. The van der Waals surface area contributed by atoms with E-state index in [2.05, 4.69) is 113 Å². The van der Waals surface area contributed by atoms with E-state index in [4.69, 9.17) is 41.2 Å². The fraction of sp³-hybridized carbons (Fsp3) is 0. The summed E-state index contributed by atoms with van der Waals surface area (Å²) in [5.41, 5.74) is 16.8. The molecular formula is C75H39N11. The molecule has 0 aliphatic heterocycles. The Kier molecular flexibility index (Phi) is 12.6. The Morgan fingerprint density at radius 3 is 0.907 bits per heavy atom. The lowest BCUT2D eigenvalue weighted by Gasteiger charge is -2.17. The molecule has 0 N–H and O–H groups in total. The van der Waals surface area contributed by atoms with Gasteiger partial charge in [-0.2, -0.15) is 10.5 Å². The fourth-order valence-electron chi connectivity index (χ4n) is 11.6. The molecule has 0 amide bonds. The molecular weight excluding hydrogens is 1050 g/mol. The van der Waals surface area contributed by atoms with Crippen LogP contribution in [0.15, 0.2) is 237 Å². The van der Waals surface area contributed by atoms with Gasteiger partial charge in [-0.25, -0.2) is 34.3 Å². The predicted molar refractivity (Wildman–Crippen MR) is 341 cm³/mol. The Balaban J connectivity index is 1.02. The molecule has 11 heteroatoms. The molecule has 0 aliphatic carbocycles. The minimum absolute atomic E-state index is 0.282. The van der Waals surface area contributed by atoms with Crippen molar-refractivity contribution in [2.24, 2.45) is 0 Å². The number of nitrogens with zero attached hydrogens (tertiary/aromatic N) is 11. The molecule has 0 atom stereocenters. The van der Waals surface area contributed by atoms with Crippen molar-refractivity contribution in [2.45, 2.75) is 0 Å². The van der Waals surface area contributed by atoms with Gasteiger partial charge in [0.05, 0.1) is 83.0 Å². The maximum Gasteiger partial charge on any atom is 0.187 e. The van der Waals surface area contributed by atoms with Gasteiger partial charge in [-0.05, 0) is 154 Å². The first kappa shape index (κ1) is 51.1. The van der Waals surface area contributed by atoms with Gasteiger partial charge >= 0.3 is 0 Å². The fourth-order valence-corrected chi connectivity index (χ4v) is 11.6. The second-order valence-electron chi connectivity index (χ2n) is 20.6. The van der Waals surface area contributed by atoms with Gasteiger partial charge in [0.25, 0.3) is 0 Å². The van der Waals surface area contributed by atoms with Crippen LogP contribution in [0.3, 0.4) is 0 Å². The molecule has 11 nitrogen and oxygen atoms in total. The topological polar surface area (TPSA) is 114 Å². The lowest BCUT2D eigenvalue weighted by atomic mass is 10.00. The molecule has 0 spiro atoms. The Hall–Kier alpha value is -13.0. The molecule has 3 heterocycles. The number of rotatable bonds is 9. The average molecular weight is 1090 g/mol. The maximum atomic E-state index is 10.7. The maximum absolute atomic E-state index is 10.7. The van der Waals surface area contributed by atoms with E-state index in [1.165, 1.54) is 0 Å². The number of aromatic nitrogens is 5. The Morgan fingerprint density at radius 2 is 0.593 bits per heavy atom. The molecule has 14 rings (SSSR count). The molecule has 0 aliphatic rings. The van der Waals surface area contributed by atoms with Crippen LogP contribution in [0.25, 0.3) is 153 Å². The number of benzene rings is 11.